The Balaban J connectivity index is 1.65. The van der Waals surface area contributed by atoms with Gasteiger partial charge in [0.1, 0.15) is 5.75 Å². The maximum absolute atomic E-state index is 12.8. The average molecular weight is 287 g/mol. The molecule has 3 rings (SSSR count). The number of hydrogen-bond acceptors (Lipinski definition) is 2. The van der Waals surface area contributed by atoms with E-state index in [0.29, 0.717) is 12.1 Å². The number of carbonyl (C=O) groups excluding carboxylic acids is 1. The van der Waals surface area contributed by atoms with Crippen LogP contribution in [-0.4, -0.2) is 29.0 Å². The van der Waals surface area contributed by atoms with E-state index in [1.807, 2.05) is 38.1 Å². The first-order valence-electron chi connectivity index (χ1n) is 8.20. The normalized spacial score (nSPS) is 20.3. The van der Waals surface area contributed by atoms with Gasteiger partial charge in [-0.15, -0.1) is 0 Å². The number of nitrogens with zero attached hydrogens (tertiary/aromatic N) is 1. The monoisotopic (exact) mass is 287 g/mol. The van der Waals surface area contributed by atoms with Gasteiger partial charge in [0, 0.05) is 12.1 Å². The van der Waals surface area contributed by atoms with Crippen molar-refractivity contribution in [3.05, 3.63) is 29.8 Å². The zero-order valence-electron chi connectivity index (χ0n) is 13.0. The molecule has 1 atom stereocenters. The largest absolute Gasteiger partial charge is 0.481 e. The second-order valence-electron chi connectivity index (χ2n) is 6.49. The number of carbonyl (C=O) groups is 1. The number of rotatable bonds is 5. The molecule has 114 valence electrons. The van der Waals surface area contributed by atoms with Crippen LogP contribution < -0.4 is 4.74 Å². The van der Waals surface area contributed by atoms with Crippen molar-refractivity contribution in [2.24, 2.45) is 0 Å². The topological polar surface area (TPSA) is 29.5 Å². The summed E-state index contributed by atoms with van der Waals surface area (Å²) in [6, 6.07) is 8.84. The summed E-state index contributed by atoms with van der Waals surface area (Å²) in [5.41, 5.74) is 1.20. The van der Waals surface area contributed by atoms with Crippen molar-refractivity contribution in [1.29, 1.82) is 0 Å². The molecule has 1 amide bonds. The Morgan fingerprint density at radius 3 is 2.24 bits per heavy atom. The van der Waals surface area contributed by atoms with Gasteiger partial charge in [-0.3, -0.25) is 4.79 Å². The maximum atomic E-state index is 12.8. The molecule has 1 unspecified atom stereocenters. The van der Waals surface area contributed by atoms with Crippen molar-refractivity contribution in [2.45, 2.75) is 70.6 Å². The third-order valence-electron chi connectivity index (χ3n) is 4.59. The van der Waals surface area contributed by atoms with Crippen molar-refractivity contribution in [2.75, 3.05) is 0 Å². The summed E-state index contributed by atoms with van der Waals surface area (Å²) in [4.78, 5) is 14.9. The Bertz CT molecular complexity index is 486. The molecule has 2 aliphatic rings. The van der Waals surface area contributed by atoms with Gasteiger partial charge in [0.15, 0.2) is 6.10 Å². The Morgan fingerprint density at radius 2 is 1.67 bits per heavy atom. The fraction of sp³-hybridized carbons (Fsp3) is 0.611. The van der Waals surface area contributed by atoms with Crippen LogP contribution in [0.2, 0.25) is 0 Å². The van der Waals surface area contributed by atoms with E-state index in [2.05, 4.69) is 4.90 Å². The van der Waals surface area contributed by atoms with Crippen molar-refractivity contribution < 1.29 is 9.53 Å². The van der Waals surface area contributed by atoms with E-state index in [0.717, 1.165) is 5.75 Å². The van der Waals surface area contributed by atoms with Crippen LogP contribution in [0.5, 0.6) is 5.75 Å². The van der Waals surface area contributed by atoms with Gasteiger partial charge in [-0.1, -0.05) is 30.5 Å². The Kier molecular flexibility index (Phi) is 4.18. The molecule has 1 aromatic rings. The number of hydrogen-bond donors (Lipinski definition) is 0. The van der Waals surface area contributed by atoms with E-state index in [9.17, 15) is 4.79 Å². The summed E-state index contributed by atoms with van der Waals surface area (Å²) < 4.78 is 5.86. The molecule has 3 heteroatoms. The fourth-order valence-corrected chi connectivity index (χ4v) is 3.27. The second-order valence-corrected chi connectivity index (χ2v) is 6.49. The SMILES string of the molecule is Cc1ccc(OC(C)C(=O)N(C2CCCC2)C2CC2)cc1. The van der Waals surface area contributed by atoms with Gasteiger partial charge in [-0.05, 0) is 51.7 Å². The van der Waals surface area contributed by atoms with Gasteiger partial charge in [0.05, 0.1) is 0 Å². The molecule has 2 fully saturated rings. The molecule has 0 aromatic heterocycles. The molecule has 0 aliphatic heterocycles. The number of aryl methyl sites for hydroxylation is 1. The number of ether oxygens (including phenoxy) is 1. The van der Waals surface area contributed by atoms with Crippen molar-refractivity contribution >= 4 is 5.91 Å². The van der Waals surface area contributed by atoms with Crippen molar-refractivity contribution in [3.8, 4) is 5.75 Å². The van der Waals surface area contributed by atoms with E-state index in [4.69, 9.17) is 4.74 Å². The van der Waals surface area contributed by atoms with Crippen molar-refractivity contribution in [3.63, 3.8) is 0 Å². The molecule has 0 spiro atoms. The minimum atomic E-state index is -0.395. The molecular weight excluding hydrogens is 262 g/mol. The maximum Gasteiger partial charge on any atom is 0.263 e. The predicted octanol–water partition coefficient (Wildman–Crippen LogP) is 3.70. The molecule has 0 saturated heterocycles. The van der Waals surface area contributed by atoms with Crippen LogP contribution in [-0.2, 0) is 4.79 Å². The number of amides is 1. The van der Waals surface area contributed by atoms with Crippen LogP contribution >= 0.6 is 0 Å². The first-order chi connectivity index (χ1) is 10.1. The fourth-order valence-electron chi connectivity index (χ4n) is 3.27. The van der Waals surface area contributed by atoms with E-state index in [-0.39, 0.29) is 5.91 Å². The molecular formula is C18H25NO2. The van der Waals surface area contributed by atoms with E-state index in [1.165, 1.54) is 44.1 Å². The van der Waals surface area contributed by atoms with Crippen LogP contribution in [0.4, 0.5) is 0 Å². The lowest BCUT2D eigenvalue weighted by Gasteiger charge is -2.31. The second kappa shape index (κ2) is 6.08. The lowest BCUT2D eigenvalue weighted by Crippen LogP contribution is -2.46. The van der Waals surface area contributed by atoms with Gasteiger partial charge in [-0.2, -0.15) is 0 Å². The molecule has 3 nitrogen and oxygen atoms in total. The van der Waals surface area contributed by atoms with Crippen LogP contribution in [0.25, 0.3) is 0 Å². The third-order valence-corrected chi connectivity index (χ3v) is 4.59. The van der Waals surface area contributed by atoms with Crippen LogP contribution in [0.15, 0.2) is 24.3 Å². The smallest absolute Gasteiger partial charge is 0.263 e. The quantitative estimate of drug-likeness (QED) is 0.826. The zero-order valence-corrected chi connectivity index (χ0v) is 13.0. The third kappa shape index (κ3) is 3.39. The minimum Gasteiger partial charge on any atom is -0.481 e. The molecule has 2 saturated carbocycles. The van der Waals surface area contributed by atoms with Gasteiger partial charge in [-0.25, -0.2) is 0 Å². The highest BCUT2D eigenvalue weighted by Crippen LogP contribution is 2.35. The predicted molar refractivity (Wildman–Crippen MR) is 83.4 cm³/mol. The van der Waals surface area contributed by atoms with Crippen LogP contribution in [0.1, 0.15) is 51.0 Å². The van der Waals surface area contributed by atoms with Gasteiger partial charge >= 0.3 is 0 Å². The summed E-state index contributed by atoms with van der Waals surface area (Å²) in [7, 11) is 0. The van der Waals surface area contributed by atoms with E-state index in [1.54, 1.807) is 0 Å². The number of benzene rings is 1. The molecule has 0 N–H and O–H groups in total. The summed E-state index contributed by atoms with van der Waals surface area (Å²) >= 11 is 0. The van der Waals surface area contributed by atoms with E-state index < -0.39 is 6.10 Å². The highest BCUT2D eigenvalue weighted by atomic mass is 16.5. The summed E-state index contributed by atoms with van der Waals surface area (Å²) in [5, 5.41) is 0. The molecule has 1 aromatic carbocycles. The standard InChI is InChI=1S/C18H25NO2/c1-13-7-11-17(12-8-13)21-14(2)18(20)19(16-9-10-16)15-5-3-4-6-15/h7-8,11-12,14-16H,3-6,9-10H2,1-2H3. The summed E-state index contributed by atoms with van der Waals surface area (Å²) in [6.07, 6.45) is 6.79. The van der Waals surface area contributed by atoms with Gasteiger partial charge < -0.3 is 9.64 Å². The highest BCUT2D eigenvalue weighted by Gasteiger charge is 2.40. The average Bonchev–Trinajstić information content (AvgIpc) is 3.16. The zero-order chi connectivity index (χ0) is 14.8. The molecule has 0 radical (unpaired) electrons. The van der Waals surface area contributed by atoms with Gasteiger partial charge in [0.25, 0.3) is 5.91 Å². The van der Waals surface area contributed by atoms with Crippen LogP contribution in [0, 0.1) is 6.92 Å². The molecule has 21 heavy (non-hydrogen) atoms. The van der Waals surface area contributed by atoms with Crippen LogP contribution in [0.3, 0.4) is 0 Å². The Hall–Kier alpha value is -1.51. The molecule has 0 heterocycles. The van der Waals surface area contributed by atoms with E-state index >= 15 is 0 Å². The first-order valence-corrected chi connectivity index (χ1v) is 8.20. The molecule has 0 bridgehead atoms. The lowest BCUT2D eigenvalue weighted by molar-refractivity contribution is -0.141. The van der Waals surface area contributed by atoms with Gasteiger partial charge in [0.2, 0.25) is 0 Å². The highest BCUT2D eigenvalue weighted by molar-refractivity contribution is 5.82. The Labute approximate surface area is 127 Å². The van der Waals surface area contributed by atoms with Crippen molar-refractivity contribution in [1.82, 2.24) is 4.90 Å². The summed E-state index contributed by atoms with van der Waals surface area (Å²) in [6.45, 7) is 3.93. The lowest BCUT2D eigenvalue weighted by atomic mass is 10.1. The Morgan fingerprint density at radius 1 is 1.10 bits per heavy atom. The minimum absolute atomic E-state index is 0.171. The first kappa shape index (κ1) is 14.4. The molecule has 2 aliphatic carbocycles. The summed E-state index contributed by atoms with van der Waals surface area (Å²) in [5.74, 6) is 0.952.